The molecular weight excluding hydrogens is 260 g/mol. The Morgan fingerprint density at radius 2 is 2.22 bits per heavy atom. The first kappa shape index (κ1) is 14.9. The Morgan fingerprint density at radius 1 is 1.50 bits per heavy atom. The van der Waals surface area contributed by atoms with Crippen molar-refractivity contribution < 1.29 is 13.5 Å². The maximum absolute atomic E-state index is 12.3. The van der Waals surface area contributed by atoms with Crippen molar-refractivity contribution in [3.8, 4) is 5.75 Å². The fourth-order valence-electron chi connectivity index (χ4n) is 1.56. The summed E-state index contributed by atoms with van der Waals surface area (Å²) in [5.74, 6) is 0.136. The Balaban J connectivity index is 3.07. The van der Waals surface area contributed by atoms with Gasteiger partial charge in [-0.15, -0.1) is 0 Å². The summed E-state index contributed by atoms with van der Waals surface area (Å²) in [5, 5.41) is 3.51. The Morgan fingerprint density at radius 3 is 2.78 bits per heavy atom. The van der Waals surface area contributed by atoms with E-state index in [1.807, 2.05) is 20.0 Å². The van der Waals surface area contributed by atoms with Crippen LogP contribution in [0, 0.1) is 0 Å². The summed E-state index contributed by atoms with van der Waals surface area (Å²) in [5.41, 5.74) is 1.65. The van der Waals surface area contributed by atoms with Crippen molar-refractivity contribution in [1.29, 1.82) is 0 Å². The highest BCUT2D eigenvalue weighted by Crippen LogP contribution is 2.27. The van der Waals surface area contributed by atoms with Crippen LogP contribution < -0.4 is 10.1 Å². The predicted octanol–water partition coefficient (Wildman–Crippen LogP) is 3.95. The van der Waals surface area contributed by atoms with Gasteiger partial charge in [0.15, 0.2) is 0 Å². The van der Waals surface area contributed by atoms with Crippen molar-refractivity contribution >= 4 is 17.7 Å². The molecule has 2 nitrogen and oxygen atoms in total. The Kier molecular flexibility index (Phi) is 6.09. The largest absolute Gasteiger partial charge is 0.434 e. The maximum Gasteiger partial charge on any atom is 0.387 e. The molecule has 0 atom stereocenters. The first-order chi connectivity index (χ1) is 8.56. The molecule has 100 valence electrons. The number of hydrogen-bond acceptors (Lipinski definition) is 2. The third-order valence-electron chi connectivity index (χ3n) is 2.41. The average Bonchev–Trinajstić information content (AvgIpc) is 2.31. The number of alkyl halides is 2. The molecule has 0 aromatic heterocycles. The second kappa shape index (κ2) is 7.34. The molecule has 1 rings (SSSR count). The summed E-state index contributed by atoms with van der Waals surface area (Å²) >= 11 is 5.87. The van der Waals surface area contributed by atoms with Gasteiger partial charge in [-0.25, -0.2) is 0 Å². The van der Waals surface area contributed by atoms with Crippen molar-refractivity contribution in [3.63, 3.8) is 0 Å². The summed E-state index contributed by atoms with van der Waals surface area (Å²) in [7, 11) is 1.83. The second-order valence-corrected chi connectivity index (χ2v) is 4.18. The van der Waals surface area contributed by atoms with Crippen molar-refractivity contribution in [1.82, 2.24) is 5.32 Å². The van der Waals surface area contributed by atoms with Crippen LogP contribution in [0.25, 0.3) is 6.08 Å². The van der Waals surface area contributed by atoms with E-state index in [1.165, 1.54) is 12.1 Å². The molecule has 0 spiro atoms. The van der Waals surface area contributed by atoms with Crippen molar-refractivity contribution in [2.45, 2.75) is 20.0 Å². The van der Waals surface area contributed by atoms with Gasteiger partial charge in [-0.1, -0.05) is 30.2 Å². The number of hydrogen-bond donors (Lipinski definition) is 1. The molecule has 1 aromatic rings. The van der Waals surface area contributed by atoms with Gasteiger partial charge in [0.05, 0.1) is 0 Å². The van der Waals surface area contributed by atoms with Crippen LogP contribution in [0.5, 0.6) is 5.75 Å². The van der Waals surface area contributed by atoms with Gasteiger partial charge in [0, 0.05) is 17.1 Å². The molecule has 0 aliphatic heterocycles. The zero-order chi connectivity index (χ0) is 13.5. The van der Waals surface area contributed by atoms with Crippen LogP contribution in [0.3, 0.4) is 0 Å². The van der Waals surface area contributed by atoms with Crippen LogP contribution in [-0.4, -0.2) is 20.2 Å². The number of likely N-dealkylation sites (N-methyl/N-ethyl adjacent to an activating group) is 1. The van der Waals surface area contributed by atoms with Crippen LogP contribution in [0.4, 0.5) is 8.78 Å². The molecule has 0 heterocycles. The van der Waals surface area contributed by atoms with Gasteiger partial charge in [-0.05, 0) is 31.7 Å². The highest BCUT2D eigenvalue weighted by Gasteiger charge is 2.09. The standard InChI is InChI=1S/C13H16ClF2NO/c1-3-9(8-17-2)6-10-7-11(14)4-5-12(10)18-13(15)16/h4-7,13,17H,3,8H2,1-2H3. The van der Waals surface area contributed by atoms with Gasteiger partial charge >= 0.3 is 6.61 Å². The highest BCUT2D eigenvalue weighted by atomic mass is 35.5. The predicted molar refractivity (Wildman–Crippen MR) is 70.3 cm³/mol. The van der Waals surface area contributed by atoms with Crippen LogP contribution in [0.2, 0.25) is 5.02 Å². The Labute approximate surface area is 111 Å². The zero-order valence-electron chi connectivity index (χ0n) is 10.3. The van der Waals surface area contributed by atoms with Gasteiger partial charge < -0.3 is 10.1 Å². The molecule has 0 bridgehead atoms. The Bertz CT molecular complexity index is 421. The Hall–Kier alpha value is -1.13. The molecule has 0 radical (unpaired) electrons. The van der Waals surface area contributed by atoms with E-state index >= 15 is 0 Å². The molecule has 0 saturated carbocycles. The first-order valence-electron chi connectivity index (χ1n) is 5.65. The molecule has 0 unspecified atom stereocenters. The van der Waals surface area contributed by atoms with Gasteiger partial charge in [0.1, 0.15) is 5.75 Å². The minimum atomic E-state index is -2.84. The maximum atomic E-state index is 12.3. The summed E-state index contributed by atoms with van der Waals surface area (Å²) in [6, 6.07) is 4.60. The van der Waals surface area contributed by atoms with Gasteiger partial charge in [0.2, 0.25) is 0 Å². The summed E-state index contributed by atoms with van der Waals surface area (Å²) in [6.45, 7) is -0.147. The molecule has 0 aliphatic rings. The van der Waals surface area contributed by atoms with Crippen molar-refractivity contribution in [2.24, 2.45) is 0 Å². The number of nitrogens with one attached hydrogen (secondary N) is 1. The van der Waals surface area contributed by atoms with E-state index in [-0.39, 0.29) is 5.75 Å². The van der Waals surface area contributed by atoms with Gasteiger partial charge in [-0.3, -0.25) is 0 Å². The summed E-state index contributed by atoms with van der Waals surface area (Å²) in [6.07, 6.45) is 2.64. The van der Waals surface area contributed by atoms with E-state index in [0.717, 1.165) is 12.0 Å². The molecule has 5 heteroatoms. The van der Waals surface area contributed by atoms with Crippen LogP contribution >= 0.6 is 11.6 Å². The lowest BCUT2D eigenvalue weighted by atomic mass is 10.1. The highest BCUT2D eigenvalue weighted by molar-refractivity contribution is 6.30. The number of ether oxygens (including phenoxy) is 1. The lowest BCUT2D eigenvalue weighted by molar-refractivity contribution is -0.0499. The summed E-state index contributed by atoms with van der Waals surface area (Å²) in [4.78, 5) is 0. The average molecular weight is 276 g/mol. The van der Waals surface area contributed by atoms with E-state index in [0.29, 0.717) is 17.1 Å². The smallest absolute Gasteiger partial charge is 0.387 e. The first-order valence-corrected chi connectivity index (χ1v) is 6.03. The lowest BCUT2D eigenvalue weighted by Crippen LogP contribution is -2.10. The quantitative estimate of drug-likeness (QED) is 0.849. The van der Waals surface area contributed by atoms with Crippen LogP contribution in [-0.2, 0) is 0 Å². The SMILES string of the molecule is CCC(=Cc1cc(Cl)ccc1OC(F)F)CNC. The number of rotatable bonds is 6. The van der Waals surface area contributed by atoms with Crippen LogP contribution in [0.15, 0.2) is 23.8 Å². The minimum Gasteiger partial charge on any atom is -0.434 e. The van der Waals surface area contributed by atoms with Crippen molar-refractivity contribution in [3.05, 3.63) is 34.4 Å². The fraction of sp³-hybridized carbons (Fsp3) is 0.385. The molecule has 0 aliphatic carbocycles. The zero-order valence-corrected chi connectivity index (χ0v) is 11.1. The van der Waals surface area contributed by atoms with E-state index < -0.39 is 6.61 Å². The molecule has 1 N–H and O–H groups in total. The third-order valence-corrected chi connectivity index (χ3v) is 2.64. The molecule has 0 saturated heterocycles. The molecular formula is C13H16ClF2NO. The minimum absolute atomic E-state index is 0.136. The van der Waals surface area contributed by atoms with E-state index in [1.54, 1.807) is 6.07 Å². The van der Waals surface area contributed by atoms with E-state index in [9.17, 15) is 8.78 Å². The molecule has 0 amide bonds. The third kappa shape index (κ3) is 4.63. The van der Waals surface area contributed by atoms with Gasteiger partial charge in [0.25, 0.3) is 0 Å². The monoisotopic (exact) mass is 275 g/mol. The lowest BCUT2D eigenvalue weighted by Gasteiger charge is -2.10. The number of benzene rings is 1. The van der Waals surface area contributed by atoms with Gasteiger partial charge in [-0.2, -0.15) is 8.78 Å². The summed E-state index contributed by atoms with van der Waals surface area (Å²) < 4.78 is 29.0. The van der Waals surface area contributed by atoms with E-state index in [4.69, 9.17) is 11.6 Å². The molecule has 0 fully saturated rings. The topological polar surface area (TPSA) is 21.3 Å². The molecule has 18 heavy (non-hydrogen) atoms. The molecule has 1 aromatic carbocycles. The fourth-order valence-corrected chi connectivity index (χ4v) is 1.74. The van der Waals surface area contributed by atoms with Crippen LogP contribution in [0.1, 0.15) is 18.9 Å². The van der Waals surface area contributed by atoms with Crippen molar-refractivity contribution in [2.75, 3.05) is 13.6 Å². The van der Waals surface area contributed by atoms with E-state index in [2.05, 4.69) is 10.1 Å². The normalized spacial score (nSPS) is 12.0. The second-order valence-electron chi connectivity index (χ2n) is 3.75. The number of halogens is 3.